The van der Waals surface area contributed by atoms with Crippen molar-refractivity contribution in [3.8, 4) is 0 Å². The molecule has 7 heteroatoms. The van der Waals surface area contributed by atoms with Crippen molar-refractivity contribution in [2.75, 3.05) is 0 Å². The van der Waals surface area contributed by atoms with E-state index >= 15 is 0 Å². The Hall–Kier alpha value is -0.720. The fraction of sp³-hybridized carbons (Fsp3) is 0.909. The van der Waals surface area contributed by atoms with Gasteiger partial charge in [-0.25, -0.2) is 0 Å². The summed E-state index contributed by atoms with van der Waals surface area (Å²) in [6, 6.07) is 0. The smallest absolute Gasteiger partial charge is 0.162 e. The highest BCUT2D eigenvalue weighted by molar-refractivity contribution is 5.85. The summed E-state index contributed by atoms with van der Waals surface area (Å²) in [5.74, 6) is 1.58. The molecule has 4 aliphatic rings. The maximum atomic E-state index is 6.52. The van der Waals surface area contributed by atoms with Gasteiger partial charge in [0.15, 0.2) is 6.33 Å². The molecule has 0 radical (unpaired) electrons. The van der Waals surface area contributed by atoms with Crippen molar-refractivity contribution in [3.05, 3.63) is 6.33 Å². The molecule has 0 saturated heterocycles. The molecule has 1 aromatic rings. The number of tetrazole rings is 1. The number of nitrogens with two attached hydrogens (primary N) is 1. The van der Waals surface area contributed by atoms with Crippen LogP contribution in [0.1, 0.15) is 38.5 Å². The van der Waals surface area contributed by atoms with Crippen LogP contribution in [0.4, 0.5) is 0 Å². The molecule has 4 saturated carbocycles. The van der Waals surface area contributed by atoms with E-state index in [0.29, 0.717) is 0 Å². The summed E-state index contributed by atoms with van der Waals surface area (Å²) in [5.41, 5.74) is 6.67. The minimum Gasteiger partial charge on any atom is -0.412 e. The van der Waals surface area contributed by atoms with Gasteiger partial charge in [0.2, 0.25) is 0 Å². The predicted octanol–water partition coefficient (Wildman–Crippen LogP) is 0.277. The molecule has 1 aromatic heterocycles. The van der Waals surface area contributed by atoms with E-state index in [2.05, 4.69) is 15.4 Å². The average molecular weight is 274 g/mol. The van der Waals surface area contributed by atoms with Gasteiger partial charge in [0, 0.05) is 5.54 Å². The van der Waals surface area contributed by atoms with Crippen molar-refractivity contribution in [1.29, 1.82) is 0 Å². The van der Waals surface area contributed by atoms with Crippen LogP contribution in [0.2, 0.25) is 0 Å². The largest absolute Gasteiger partial charge is 0.412 e. The molecular formula is C11H20ClN5O. The van der Waals surface area contributed by atoms with Crippen molar-refractivity contribution >= 4 is 12.4 Å². The van der Waals surface area contributed by atoms with E-state index in [-0.39, 0.29) is 29.0 Å². The lowest BCUT2D eigenvalue weighted by molar-refractivity contribution is -0.0708. The highest BCUT2D eigenvalue weighted by Crippen LogP contribution is 2.59. The Labute approximate surface area is 112 Å². The average Bonchev–Trinajstić information content (AvgIpc) is 2.65. The van der Waals surface area contributed by atoms with Crippen LogP contribution in [0.5, 0.6) is 0 Å². The molecule has 102 valence electrons. The van der Waals surface area contributed by atoms with Gasteiger partial charge in [-0.2, -0.15) is 4.80 Å². The zero-order chi connectivity index (χ0) is 10.8. The second kappa shape index (κ2) is 4.15. The molecule has 0 amide bonds. The van der Waals surface area contributed by atoms with E-state index in [9.17, 15) is 0 Å². The van der Waals surface area contributed by atoms with Crippen LogP contribution >= 0.6 is 12.4 Å². The monoisotopic (exact) mass is 273 g/mol. The zero-order valence-electron chi connectivity index (χ0n) is 10.2. The number of halogens is 1. The van der Waals surface area contributed by atoms with Crippen LogP contribution in [0, 0.1) is 11.8 Å². The molecule has 1 heterocycles. The molecule has 2 unspecified atom stereocenters. The summed E-state index contributed by atoms with van der Waals surface area (Å²) < 4.78 is 0. The third-order valence-electron chi connectivity index (χ3n) is 4.85. The van der Waals surface area contributed by atoms with Gasteiger partial charge in [-0.1, -0.05) is 0 Å². The molecule has 0 aromatic carbocycles. The molecule has 4 fully saturated rings. The van der Waals surface area contributed by atoms with E-state index in [4.69, 9.17) is 5.73 Å². The summed E-state index contributed by atoms with van der Waals surface area (Å²) in [5, 5.41) is 12.3. The van der Waals surface area contributed by atoms with Gasteiger partial charge in [0.1, 0.15) is 0 Å². The Balaban J connectivity index is 0.000000602. The molecule has 0 spiro atoms. The van der Waals surface area contributed by atoms with Crippen molar-refractivity contribution in [1.82, 2.24) is 20.2 Å². The number of nitrogens with zero attached hydrogens (tertiary/aromatic N) is 4. The fourth-order valence-corrected chi connectivity index (χ4v) is 4.90. The number of aromatic nitrogens is 4. The van der Waals surface area contributed by atoms with Gasteiger partial charge >= 0.3 is 0 Å². The number of hydrogen-bond acceptors (Lipinski definition) is 4. The Morgan fingerprint density at radius 1 is 1.17 bits per heavy atom. The summed E-state index contributed by atoms with van der Waals surface area (Å²) >= 11 is 0. The van der Waals surface area contributed by atoms with Gasteiger partial charge < -0.3 is 11.2 Å². The van der Waals surface area contributed by atoms with Crippen LogP contribution in [-0.4, -0.2) is 31.2 Å². The molecule has 4 atom stereocenters. The maximum Gasteiger partial charge on any atom is 0.162 e. The molecule has 4 aliphatic carbocycles. The Kier molecular flexibility index (Phi) is 3.16. The van der Waals surface area contributed by atoms with E-state index < -0.39 is 0 Å². The first kappa shape index (κ1) is 13.7. The first-order valence-corrected chi connectivity index (χ1v) is 6.20. The van der Waals surface area contributed by atoms with Crippen molar-refractivity contribution in [3.63, 3.8) is 0 Å². The molecule has 18 heavy (non-hydrogen) atoms. The molecule has 6 nitrogen and oxygen atoms in total. The molecule has 4 N–H and O–H groups in total. The van der Waals surface area contributed by atoms with E-state index in [1.807, 2.05) is 4.80 Å². The maximum absolute atomic E-state index is 6.52. The molecule has 0 aliphatic heterocycles. The van der Waals surface area contributed by atoms with E-state index in [1.54, 1.807) is 6.33 Å². The quantitative estimate of drug-likeness (QED) is 0.794. The normalized spacial score (nSPS) is 44.3. The van der Waals surface area contributed by atoms with E-state index in [0.717, 1.165) is 18.3 Å². The minimum absolute atomic E-state index is 0. The first-order chi connectivity index (χ1) is 7.68. The van der Waals surface area contributed by atoms with Crippen LogP contribution in [0.25, 0.3) is 0 Å². The Bertz CT molecular complexity index is 409. The molecule has 5 rings (SSSR count). The lowest BCUT2D eigenvalue weighted by Crippen LogP contribution is -2.63. The Morgan fingerprint density at radius 3 is 2.33 bits per heavy atom. The van der Waals surface area contributed by atoms with Crippen LogP contribution in [-0.2, 0) is 5.54 Å². The summed E-state index contributed by atoms with van der Waals surface area (Å²) in [7, 11) is 0. The van der Waals surface area contributed by atoms with Gasteiger partial charge in [0.05, 0.1) is 5.54 Å². The summed E-state index contributed by atoms with van der Waals surface area (Å²) in [6.07, 6.45) is 8.79. The van der Waals surface area contributed by atoms with Gasteiger partial charge in [-0.05, 0) is 55.6 Å². The third kappa shape index (κ3) is 1.74. The van der Waals surface area contributed by atoms with Gasteiger partial charge in [-0.15, -0.1) is 22.6 Å². The zero-order valence-corrected chi connectivity index (χ0v) is 11.1. The van der Waals surface area contributed by atoms with E-state index in [1.165, 1.54) is 32.1 Å². The second-order valence-electron chi connectivity index (χ2n) is 6.27. The van der Waals surface area contributed by atoms with Crippen LogP contribution in [0.3, 0.4) is 0 Å². The predicted molar refractivity (Wildman–Crippen MR) is 68.3 cm³/mol. The lowest BCUT2D eigenvalue weighted by Gasteiger charge is -2.59. The minimum atomic E-state index is 0. The van der Waals surface area contributed by atoms with Crippen molar-refractivity contribution in [2.24, 2.45) is 17.6 Å². The lowest BCUT2D eigenvalue weighted by atomic mass is 9.50. The second-order valence-corrected chi connectivity index (χ2v) is 6.27. The topological polar surface area (TPSA) is 101 Å². The van der Waals surface area contributed by atoms with Gasteiger partial charge in [-0.3, -0.25) is 0 Å². The Morgan fingerprint density at radius 2 is 1.83 bits per heavy atom. The highest BCUT2D eigenvalue weighted by Gasteiger charge is 2.58. The van der Waals surface area contributed by atoms with Crippen molar-refractivity contribution in [2.45, 2.75) is 49.6 Å². The standard InChI is InChI=1S/C11H17N5.ClH.H2O/c12-10-2-8-1-9(3-10)5-11(4-8,6-10)16-14-7-13-15-16;;/h7-9H,1-6,12H2;1H;1H2/t8-,9+,10?,11?;;. The number of rotatable bonds is 1. The first-order valence-electron chi connectivity index (χ1n) is 6.20. The number of hydrogen-bond donors (Lipinski definition) is 1. The fourth-order valence-electron chi connectivity index (χ4n) is 4.90. The third-order valence-corrected chi connectivity index (χ3v) is 4.85. The van der Waals surface area contributed by atoms with Gasteiger partial charge in [0.25, 0.3) is 0 Å². The molecule has 4 bridgehead atoms. The van der Waals surface area contributed by atoms with Crippen LogP contribution in [0.15, 0.2) is 6.33 Å². The summed E-state index contributed by atoms with van der Waals surface area (Å²) in [6.45, 7) is 0. The SMILES string of the molecule is Cl.NC12C[C@H]3C[C@@H](C1)CC(n1ncnn1)(C3)C2.O. The highest BCUT2D eigenvalue weighted by atomic mass is 35.5. The van der Waals surface area contributed by atoms with Crippen LogP contribution < -0.4 is 5.73 Å². The summed E-state index contributed by atoms with van der Waals surface area (Å²) in [4.78, 5) is 1.85. The molecular weight excluding hydrogens is 254 g/mol. The van der Waals surface area contributed by atoms with Crippen molar-refractivity contribution < 1.29 is 5.48 Å².